The second-order valence-corrected chi connectivity index (χ2v) is 16.0. The molecule has 0 fully saturated rings. The van der Waals surface area contributed by atoms with Gasteiger partial charge in [-0.3, -0.25) is 33.6 Å². The Labute approximate surface area is 402 Å². The number of Topliss-reactive ketones (excluding diaryl/α,β-unsaturated/α-hetero) is 2. The Morgan fingerprint density at radius 1 is 0.443 bits per heavy atom. The maximum Gasteiger partial charge on any atom is 0.339 e. The van der Waals surface area contributed by atoms with Crippen LogP contribution < -0.4 is 21.3 Å². The summed E-state index contributed by atoms with van der Waals surface area (Å²) in [6.07, 6.45) is 0. The van der Waals surface area contributed by atoms with Gasteiger partial charge in [0.25, 0.3) is 23.6 Å². The van der Waals surface area contributed by atoms with Crippen LogP contribution in [-0.4, -0.2) is 73.2 Å². The Hall–Kier alpha value is -9.37. The summed E-state index contributed by atoms with van der Waals surface area (Å²) in [6, 6.07) is 34.1. The molecule has 0 aliphatic rings. The fourth-order valence-electron chi connectivity index (χ4n) is 6.75. The standard InChI is InChI=1S/C55H46N4O11/c1-31(2)47(60)29-69-54(67)43-21-19-34(27-45(43)52(65)56-6)35-20-22-44(55(68)70-30-48(61)32(3)4)46(28-35)53(66)59-42-18-10-15-39(26-42)51(64)58-41-17-9-13-37(25-41)49(62)36-12-8-16-40(24-36)57-50(63)38-14-7-11-33(5)23-38/h7-28H,1,3,29-30H2,2,4-6H3,(H,56,65)(H,57,63)(H,58,64)(H,59,66). The van der Waals surface area contributed by atoms with E-state index in [-0.39, 0.29) is 61.9 Å². The number of carbonyl (C=O) groups is 9. The van der Waals surface area contributed by atoms with Crippen LogP contribution in [0.25, 0.3) is 11.1 Å². The molecule has 0 saturated heterocycles. The van der Waals surface area contributed by atoms with Gasteiger partial charge in [-0.15, -0.1) is 0 Å². The summed E-state index contributed by atoms with van der Waals surface area (Å²) in [5.41, 5.74) is 3.20. The number of benzene rings is 6. The molecule has 0 unspecified atom stereocenters. The molecule has 6 aromatic carbocycles. The summed E-state index contributed by atoms with van der Waals surface area (Å²) in [7, 11) is 1.36. The third-order valence-corrected chi connectivity index (χ3v) is 10.6. The van der Waals surface area contributed by atoms with Gasteiger partial charge < -0.3 is 30.7 Å². The van der Waals surface area contributed by atoms with Crippen molar-refractivity contribution in [2.75, 3.05) is 36.2 Å². The van der Waals surface area contributed by atoms with Crippen molar-refractivity contribution in [2.45, 2.75) is 20.8 Å². The Balaban J connectivity index is 1.22. The Bertz CT molecular complexity index is 3170. The molecular weight excluding hydrogens is 893 g/mol. The monoisotopic (exact) mass is 938 g/mol. The van der Waals surface area contributed by atoms with Crippen LogP contribution in [0.15, 0.2) is 158 Å². The smallest absolute Gasteiger partial charge is 0.339 e. The molecular formula is C55H46N4O11. The summed E-state index contributed by atoms with van der Waals surface area (Å²) in [6.45, 7) is 10.7. The fraction of sp³-hybridized carbons (Fsp3) is 0.109. The van der Waals surface area contributed by atoms with E-state index in [1.165, 1.54) is 87.6 Å². The Morgan fingerprint density at radius 3 is 1.26 bits per heavy atom. The largest absolute Gasteiger partial charge is 0.454 e. The summed E-state index contributed by atoms with van der Waals surface area (Å²) >= 11 is 0. The van der Waals surface area contributed by atoms with Gasteiger partial charge in [-0.2, -0.15) is 0 Å². The number of esters is 2. The molecule has 15 heteroatoms. The van der Waals surface area contributed by atoms with E-state index < -0.39 is 54.4 Å². The zero-order valence-electron chi connectivity index (χ0n) is 38.5. The van der Waals surface area contributed by atoms with E-state index in [0.717, 1.165) is 5.56 Å². The van der Waals surface area contributed by atoms with Crippen LogP contribution in [0, 0.1) is 6.92 Å². The highest BCUT2D eigenvalue weighted by Gasteiger charge is 2.24. The molecule has 6 aromatic rings. The van der Waals surface area contributed by atoms with E-state index in [2.05, 4.69) is 34.4 Å². The SMILES string of the molecule is C=C(C)C(=O)COC(=O)c1ccc(-c2ccc(C(=O)OCC(=O)C(=C)C)c(C(=O)Nc3cccc(C(=O)Nc4cccc(C(=O)c5cccc(NC(=O)c6cccc(C)c6)c5)c4)c3)c2)cc1C(=O)NC. The number of ether oxygens (including phenoxy) is 2. The molecule has 352 valence electrons. The first-order chi connectivity index (χ1) is 33.4. The molecule has 0 radical (unpaired) electrons. The van der Waals surface area contributed by atoms with Gasteiger partial charge in [0.2, 0.25) is 0 Å². The van der Waals surface area contributed by atoms with E-state index in [4.69, 9.17) is 9.47 Å². The van der Waals surface area contributed by atoms with Crippen molar-refractivity contribution in [1.82, 2.24) is 5.32 Å². The van der Waals surface area contributed by atoms with Crippen LogP contribution >= 0.6 is 0 Å². The number of ketones is 3. The van der Waals surface area contributed by atoms with Gasteiger partial charge in [0, 0.05) is 46.4 Å². The molecule has 4 amide bonds. The normalized spacial score (nSPS) is 10.5. The topological polar surface area (TPSA) is 220 Å². The Morgan fingerprint density at radius 2 is 0.829 bits per heavy atom. The number of hydrogen-bond acceptors (Lipinski definition) is 11. The molecule has 0 atom stereocenters. The third kappa shape index (κ3) is 12.5. The van der Waals surface area contributed by atoms with Crippen LogP contribution in [0.2, 0.25) is 0 Å². The maximum atomic E-state index is 14.1. The van der Waals surface area contributed by atoms with E-state index in [0.29, 0.717) is 33.6 Å². The van der Waals surface area contributed by atoms with Gasteiger partial charge in [0.1, 0.15) is 0 Å². The van der Waals surface area contributed by atoms with Gasteiger partial charge in [-0.25, -0.2) is 9.59 Å². The first-order valence-electron chi connectivity index (χ1n) is 21.5. The first kappa shape index (κ1) is 50.1. The maximum absolute atomic E-state index is 14.1. The van der Waals surface area contributed by atoms with E-state index in [1.807, 2.05) is 13.0 Å². The average molecular weight is 939 g/mol. The van der Waals surface area contributed by atoms with Crippen molar-refractivity contribution >= 4 is 70.0 Å². The van der Waals surface area contributed by atoms with Crippen molar-refractivity contribution in [3.05, 3.63) is 208 Å². The predicted molar refractivity (Wildman–Crippen MR) is 263 cm³/mol. The first-order valence-corrected chi connectivity index (χ1v) is 21.5. The molecule has 0 aliphatic carbocycles. The van der Waals surface area contributed by atoms with Gasteiger partial charge in [0.15, 0.2) is 30.6 Å². The number of rotatable bonds is 18. The molecule has 4 N–H and O–H groups in total. The second kappa shape index (κ2) is 22.4. The zero-order chi connectivity index (χ0) is 50.6. The lowest BCUT2D eigenvalue weighted by Crippen LogP contribution is -2.23. The van der Waals surface area contributed by atoms with Gasteiger partial charge >= 0.3 is 11.9 Å². The number of carbonyl (C=O) groups excluding carboxylic acids is 9. The average Bonchev–Trinajstić information content (AvgIpc) is 3.36. The minimum Gasteiger partial charge on any atom is -0.454 e. The van der Waals surface area contributed by atoms with Crippen LogP contribution in [-0.2, 0) is 19.1 Å². The Kier molecular flexibility index (Phi) is 16.0. The lowest BCUT2D eigenvalue weighted by Gasteiger charge is -2.14. The number of anilines is 3. The zero-order valence-corrected chi connectivity index (χ0v) is 38.5. The van der Waals surface area contributed by atoms with Gasteiger partial charge in [-0.05, 0) is 122 Å². The van der Waals surface area contributed by atoms with Crippen LogP contribution in [0.4, 0.5) is 17.1 Å². The molecule has 6 rings (SSSR count). The fourth-order valence-corrected chi connectivity index (χ4v) is 6.75. The minimum atomic E-state index is -1.01. The highest BCUT2D eigenvalue weighted by molar-refractivity contribution is 6.14. The second-order valence-electron chi connectivity index (χ2n) is 16.0. The van der Waals surface area contributed by atoms with Crippen molar-refractivity contribution in [2.24, 2.45) is 0 Å². The number of aryl methyl sites for hydroxylation is 1. The molecule has 0 aliphatic heterocycles. The van der Waals surface area contributed by atoms with E-state index in [9.17, 15) is 43.2 Å². The van der Waals surface area contributed by atoms with Crippen molar-refractivity contribution < 1.29 is 52.6 Å². The molecule has 0 heterocycles. The number of amides is 4. The predicted octanol–water partition coefficient (Wildman–Crippen LogP) is 8.61. The molecule has 15 nitrogen and oxygen atoms in total. The van der Waals surface area contributed by atoms with Crippen molar-refractivity contribution in [1.29, 1.82) is 0 Å². The van der Waals surface area contributed by atoms with Crippen LogP contribution in [0.3, 0.4) is 0 Å². The van der Waals surface area contributed by atoms with Gasteiger partial charge in [0.05, 0.1) is 22.3 Å². The van der Waals surface area contributed by atoms with Crippen LogP contribution in [0.5, 0.6) is 0 Å². The van der Waals surface area contributed by atoms with Crippen molar-refractivity contribution in [3.63, 3.8) is 0 Å². The molecule has 0 bridgehead atoms. The minimum absolute atomic E-state index is 0.111. The molecule has 0 saturated carbocycles. The lowest BCUT2D eigenvalue weighted by molar-refractivity contribution is -0.119. The van der Waals surface area contributed by atoms with Gasteiger partial charge in [-0.1, -0.05) is 73.3 Å². The number of nitrogens with one attached hydrogen (secondary N) is 4. The van der Waals surface area contributed by atoms with E-state index >= 15 is 0 Å². The quantitative estimate of drug-likeness (QED) is 0.0363. The summed E-state index contributed by atoms with van der Waals surface area (Å²) in [5.74, 6) is -5.76. The highest BCUT2D eigenvalue weighted by Crippen LogP contribution is 2.28. The third-order valence-electron chi connectivity index (χ3n) is 10.6. The van der Waals surface area contributed by atoms with Crippen molar-refractivity contribution in [3.8, 4) is 11.1 Å². The summed E-state index contributed by atoms with van der Waals surface area (Å²) in [5, 5.41) is 10.8. The lowest BCUT2D eigenvalue weighted by atomic mass is 9.95. The number of hydrogen-bond donors (Lipinski definition) is 4. The van der Waals surface area contributed by atoms with E-state index in [1.54, 1.807) is 60.7 Å². The summed E-state index contributed by atoms with van der Waals surface area (Å²) < 4.78 is 10.4. The molecule has 0 spiro atoms. The molecule has 0 aromatic heterocycles. The van der Waals surface area contributed by atoms with Crippen LogP contribution in [0.1, 0.15) is 97.5 Å². The highest BCUT2D eigenvalue weighted by atomic mass is 16.5. The summed E-state index contributed by atoms with van der Waals surface area (Å²) in [4.78, 5) is 118. The molecule has 70 heavy (non-hydrogen) atoms.